The van der Waals surface area contributed by atoms with Crippen molar-refractivity contribution in [2.24, 2.45) is 5.16 Å². The highest BCUT2D eigenvalue weighted by atomic mass is 19.1. The number of esters is 1. The van der Waals surface area contributed by atoms with Gasteiger partial charge in [0.2, 0.25) is 0 Å². The fourth-order valence-corrected chi connectivity index (χ4v) is 2.46. The minimum absolute atomic E-state index is 0.0230. The largest absolute Gasteiger partial charge is 0.456 e. The second-order valence-corrected chi connectivity index (χ2v) is 7.06. The Labute approximate surface area is 156 Å². The molecule has 6 nitrogen and oxygen atoms in total. The first-order valence-electron chi connectivity index (χ1n) is 8.36. The Bertz CT molecular complexity index is 915. The first kappa shape index (κ1) is 18.6. The topological polar surface area (TPSA) is 77.0 Å². The highest BCUT2D eigenvalue weighted by molar-refractivity contribution is 6.53. The minimum atomic E-state index is -0.563. The minimum Gasteiger partial charge on any atom is -0.456 e. The molecule has 0 spiro atoms. The Balaban J connectivity index is 1.65. The van der Waals surface area contributed by atoms with E-state index in [9.17, 15) is 14.0 Å². The second kappa shape index (κ2) is 7.19. The summed E-state index contributed by atoms with van der Waals surface area (Å²) in [6, 6.07) is 10.6. The van der Waals surface area contributed by atoms with E-state index in [1.54, 1.807) is 45.0 Å². The third-order valence-corrected chi connectivity index (χ3v) is 3.68. The molecule has 0 bridgehead atoms. The van der Waals surface area contributed by atoms with Crippen LogP contribution in [-0.2, 0) is 21.0 Å². The molecular formula is C20H19FN2O4. The van der Waals surface area contributed by atoms with Gasteiger partial charge in [0.15, 0.2) is 5.71 Å². The van der Waals surface area contributed by atoms with E-state index in [0.717, 1.165) is 5.56 Å². The predicted molar refractivity (Wildman–Crippen MR) is 98.0 cm³/mol. The summed E-state index contributed by atoms with van der Waals surface area (Å²) in [5.74, 6) is -1.32. The van der Waals surface area contributed by atoms with Gasteiger partial charge >= 0.3 is 5.97 Å². The van der Waals surface area contributed by atoms with Gasteiger partial charge in [0.05, 0.1) is 11.3 Å². The van der Waals surface area contributed by atoms with Gasteiger partial charge in [-0.3, -0.25) is 4.79 Å². The molecule has 0 aliphatic carbocycles. The quantitative estimate of drug-likeness (QED) is 0.658. The molecule has 0 fully saturated rings. The molecule has 2 aromatic carbocycles. The molecule has 1 N–H and O–H groups in total. The summed E-state index contributed by atoms with van der Waals surface area (Å²) in [7, 11) is 0. The molecule has 0 aromatic heterocycles. The van der Waals surface area contributed by atoms with Crippen molar-refractivity contribution in [2.45, 2.75) is 33.0 Å². The number of hydrogen-bond donors (Lipinski definition) is 1. The van der Waals surface area contributed by atoms with Crippen LogP contribution in [0.4, 0.5) is 10.1 Å². The van der Waals surface area contributed by atoms with E-state index in [4.69, 9.17) is 9.57 Å². The molecule has 1 amide bonds. The fourth-order valence-electron chi connectivity index (χ4n) is 2.46. The van der Waals surface area contributed by atoms with Gasteiger partial charge in [0.1, 0.15) is 18.0 Å². The van der Waals surface area contributed by atoms with Crippen molar-refractivity contribution in [3.8, 4) is 0 Å². The summed E-state index contributed by atoms with van der Waals surface area (Å²) in [6.07, 6.45) is 0. The number of nitrogens with one attached hydrogen (secondary N) is 1. The SMILES string of the molecule is CC(C)(C)OC(=O)c1ccc(CO/N=C2\C(=O)Nc3ccc(F)cc32)cc1. The van der Waals surface area contributed by atoms with E-state index in [0.29, 0.717) is 16.8 Å². The summed E-state index contributed by atoms with van der Waals surface area (Å²) < 4.78 is 18.7. The Kier molecular flexibility index (Phi) is 4.94. The van der Waals surface area contributed by atoms with Crippen LogP contribution in [0.3, 0.4) is 0 Å². The number of nitrogens with zero attached hydrogens (tertiary/aromatic N) is 1. The molecule has 3 rings (SSSR count). The Morgan fingerprint density at radius 3 is 2.52 bits per heavy atom. The van der Waals surface area contributed by atoms with Crippen LogP contribution in [0.25, 0.3) is 0 Å². The number of hydrogen-bond acceptors (Lipinski definition) is 5. The summed E-state index contributed by atoms with van der Waals surface area (Å²) in [5, 5.41) is 6.43. The summed E-state index contributed by atoms with van der Waals surface area (Å²) in [5.41, 5.74) is 1.50. The van der Waals surface area contributed by atoms with Gasteiger partial charge in [-0.1, -0.05) is 17.3 Å². The number of benzene rings is 2. The second-order valence-electron chi connectivity index (χ2n) is 7.06. The molecule has 1 aliphatic rings. The number of anilines is 1. The highest BCUT2D eigenvalue weighted by Crippen LogP contribution is 2.24. The number of amides is 1. The van der Waals surface area contributed by atoms with Crippen LogP contribution in [-0.4, -0.2) is 23.2 Å². The summed E-state index contributed by atoms with van der Waals surface area (Å²) >= 11 is 0. The van der Waals surface area contributed by atoms with Gasteiger partial charge in [-0.15, -0.1) is 0 Å². The van der Waals surface area contributed by atoms with Gasteiger partial charge in [-0.2, -0.15) is 0 Å². The maximum Gasteiger partial charge on any atom is 0.338 e. The van der Waals surface area contributed by atoms with Crippen LogP contribution in [0.5, 0.6) is 0 Å². The molecule has 0 atom stereocenters. The fraction of sp³-hybridized carbons (Fsp3) is 0.250. The molecule has 0 unspecified atom stereocenters. The molecule has 2 aromatic rings. The van der Waals surface area contributed by atoms with Crippen molar-refractivity contribution in [3.05, 3.63) is 65.0 Å². The van der Waals surface area contributed by atoms with Gasteiger partial charge < -0.3 is 14.9 Å². The van der Waals surface area contributed by atoms with Crippen LogP contribution < -0.4 is 5.32 Å². The molecule has 27 heavy (non-hydrogen) atoms. The van der Waals surface area contributed by atoms with Gasteiger partial charge in [-0.05, 0) is 56.7 Å². The molecule has 0 saturated heterocycles. The molecule has 0 radical (unpaired) electrons. The average Bonchev–Trinajstić information content (AvgIpc) is 2.89. The maximum absolute atomic E-state index is 13.4. The number of fused-ring (bicyclic) bond motifs is 1. The third-order valence-electron chi connectivity index (χ3n) is 3.68. The number of halogens is 1. The summed E-state index contributed by atoms with van der Waals surface area (Å²) in [6.45, 7) is 5.50. The monoisotopic (exact) mass is 370 g/mol. The zero-order valence-electron chi connectivity index (χ0n) is 15.2. The zero-order chi connectivity index (χ0) is 19.6. The van der Waals surface area contributed by atoms with Crippen molar-refractivity contribution in [2.75, 3.05) is 5.32 Å². The molecule has 1 heterocycles. The normalized spacial score (nSPS) is 14.7. The van der Waals surface area contributed by atoms with E-state index < -0.39 is 23.3 Å². The summed E-state index contributed by atoms with van der Waals surface area (Å²) in [4.78, 5) is 29.2. The lowest BCUT2D eigenvalue weighted by atomic mass is 10.1. The Morgan fingerprint density at radius 2 is 1.85 bits per heavy atom. The Hall–Kier alpha value is -3.22. The molecular weight excluding hydrogens is 351 g/mol. The first-order valence-corrected chi connectivity index (χ1v) is 8.36. The average molecular weight is 370 g/mol. The van der Waals surface area contributed by atoms with Crippen LogP contribution in [0.2, 0.25) is 0 Å². The van der Waals surface area contributed by atoms with Crippen LogP contribution >= 0.6 is 0 Å². The lowest BCUT2D eigenvalue weighted by Crippen LogP contribution is -2.23. The zero-order valence-corrected chi connectivity index (χ0v) is 15.2. The lowest BCUT2D eigenvalue weighted by Gasteiger charge is -2.19. The number of carbonyl (C=O) groups is 2. The molecule has 1 aliphatic heterocycles. The van der Waals surface area contributed by atoms with Gasteiger partial charge in [0, 0.05) is 5.56 Å². The van der Waals surface area contributed by atoms with Crippen molar-refractivity contribution in [1.82, 2.24) is 0 Å². The van der Waals surface area contributed by atoms with Crippen molar-refractivity contribution in [1.29, 1.82) is 0 Å². The Morgan fingerprint density at radius 1 is 1.15 bits per heavy atom. The van der Waals surface area contributed by atoms with Gasteiger partial charge in [0.25, 0.3) is 5.91 Å². The standard InChI is InChI=1S/C20H19FN2O4/c1-20(2,3)27-19(25)13-6-4-12(5-7-13)11-26-23-17-15-10-14(21)8-9-16(15)22-18(17)24/h4-10H,11H2,1-3H3,(H,22,23,24). The van der Waals surface area contributed by atoms with Crippen LogP contribution in [0.1, 0.15) is 42.3 Å². The first-order chi connectivity index (χ1) is 12.7. The molecule has 140 valence electrons. The van der Waals surface area contributed by atoms with E-state index in [2.05, 4.69) is 10.5 Å². The smallest absolute Gasteiger partial charge is 0.338 e. The van der Waals surface area contributed by atoms with Gasteiger partial charge in [-0.25, -0.2) is 9.18 Å². The molecule has 7 heteroatoms. The number of oxime groups is 1. The maximum atomic E-state index is 13.4. The van der Waals surface area contributed by atoms with Crippen molar-refractivity contribution >= 4 is 23.3 Å². The number of rotatable bonds is 4. The van der Waals surface area contributed by atoms with Crippen LogP contribution in [0, 0.1) is 5.82 Å². The predicted octanol–water partition coefficient (Wildman–Crippen LogP) is 3.65. The van der Waals surface area contributed by atoms with E-state index in [1.165, 1.54) is 18.2 Å². The van der Waals surface area contributed by atoms with E-state index >= 15 is 0 Å². The van der Waals surface area contributed by atoms with Crippen LogP contribution in [0.15, 0.2) is 47.6 Å². The number of carbonyl (C=O) groups excluding carboxylic acids is 2. The lowest BCUT2D eigenvalue weighted by molar-refractivity contribution is -0.110. The highest BCUT2D eigenvalue weighted by Gasteiger charge is 2.27. The third kappa shape index (κ3) is 4.49. The van der Waals surface area contributed by atoms with E-state index in [-0.39, 0.29) is 12.3 Å². The molecule has 0 saturated carbocycles. The van der Waals surface area contributed by atoms with Crippen molar-refractivity contribution < 1.29 is 23.6 Å². The number of ether oxygens (including phenoxy) is 1. The van der Waals surface area contributed by atoms with Crippen molar-refractivity contribution in [3.63, 3.8) is 0 Å². The van der Waals surface area contributed by atoms with E-state index in [1.807, 2.05) is 0 Å².